The summed E-state index contributed by atoms with van der Waals surface area (Å²) >= 11 is 0. The number of hydrogen-bond acceptors (Lipinski definition) is 4. The molecule has 2 aromatic heterocycles. The average molecular weight is 384 g/mol. The lowest BCUT2D eigenvalue weighted by Gasteiger charge is -2.48. The number of nitrogens with zero attached hydrogens (tertiary/aromatic N) is 5. The number of carbonyl (C=O) groups is 2. The van der Waals surface area contributed by atoms with Crippen LogP contribution in [0.1, 0.15) is 36.9 Å². The zero-order valence-electron chi connectivity index (χ0n) is 16.4. The van der Waals surface area contributed by atoms with Crippen molar-refractivity contribution in [3.05, 3.63) is 36.2 Å². The smallest absolute Gasteiger partial charge is 0.244 e. The molecule has 2 amide bonds. The minimum Gasteiger partial charge on any atom is -0.348 e. The SMILES string of the molecule is Cc1cnn(CC(=O)N2CCC[C@@]3(CCC(=O)N(CCc4cnc[nH]4)C3)C2)c1. The van der Waals surface area contributed by atoms with Gasteiger partial charge in [-0.25, -0.2) is 4.98 Å². The van der Waals surface area contributed by atoms with E-state index < -0.39 is 0 Å². The lowest BCUT2D eigenvalue weighted by molar-refractivity contribution is -0.143. The normalized spacial score (nSPS) is 22.8. The number of aromatic amines is 1. The van der Waals surface area contributed by atoms with Crippen LogP contribution in [-0.4, -0.2) is 67.5 Å². The maximum Gasteiger partial charge on any atom is 0.244 e. The van der Waals surface area contributed by atoms with Gasteiger partial charge in [0.2, 0.25) is 11.8 Å². The number of likely N-dealkylation sites (tertiary alicyclic amines) is 2. The van der Waals surface area contributed by atoms with Crippen LogP contribution in [0.5, 0.6) is 0 Å². The zero-order valence-corrected chi connectivity index (χ0v) is 16.4. The van der Waals surface area contributed by atoms with Crippen molar-refractivity contribution in [1.82, 2.24) is 29.5 Å². The van der Waals surface area contributed by atoms with Crippen molar-refractivity contribution < 1.29 is 9.59 Å². The standard InChI is InChI=1S/C20H28N6O2/c1-16-9-23-26(11-16)12-19(28)24-7-2-5-20(13-24)6-3-18(27)25(14-20)8-4-17-10-21-15-22-17/h9-11,15H,2-8,12-14H2,1H3,(H,21,22)/t20-/m1/s1. The molecule has 1 spiro atoms. The van der Waals surface area contributed by atoms with Crippen LogP contribution in [0.15, 0.2) is 24.9 Å². The van der Waals surface area contributed by atoms with E-state index in [2.05, 4.69) is 15.1 Å². The Bertz CT molecular complexity index is 830. The highest BCUT2D eigenvalue weighted by molar-refractivity contribution is 5.78. The van der Waals surface area contributed by atoms with Crippen LogP contribution in [0, 0.1) is 12.3 Å². The van der Waals surface area contributed by atoms with Gasteiger partial charge in [0.1, 0.15) is 6.54 Å². The monoisotopic (exact) mass is 384 g/mol. The van der Waals surface area contributed by atoms with Gasteiger partial charge in [-0.2, -0.15) is 5.10 Å². The van der Waals surface area contributed by atoms with E-state index in [0.717, 1.165) is 56.6 Å². The van der Waals surface area contributed by atoms with Crippen molar-refractivity contribution in [3.8, 4) is 0 Å². The Morgan fingerprint density at radius 1 is 1.29 bits per heavy atom. The quantitative estimate of drug-likeness (QED) is 0.844. The van der Waals surface area contributed by atoms with Crippen LogP contribution in [0.2, 0.25) is 0 Å². The van der Waals surface area contributed by atoms with Crippen molar-refractivity contribution in [1.29, 1.82) is 0 Å². The fourth-order valence-electron chi connectivity index (χ4n) is 4.53. The molecule has 2 aliphatic rings. The Morgan fingerprint density at radius 2 is 2.18 bits per heavy atom. The molecule has 1 N–H and O–H groups in total. The summed E-state index contributed by atoms with van der Waals surface area (Å²) in [5, 5.41) is 4.23. The van der Waals surface area contributed by atoms with Gasteiger partial charge in [0.05, 0.1) is 12.5 Å². The minimum atomic E-state index is 0.0236. The Kier molecular flexibility index (Phi) is 5.19. The fourth-order valence-corrected chi connectivity index (χ4v) is 4.53. The van der Waals surface area contributed by atoms with Crippen LogP contribution in [0.25, 0.3) is 0 Å². The molecule has 4 rings (SSSR count). The van der Waals surface area contributed by atoms with Crippen LogP contribution in [0.4, 0.5) is 0 Å². The zero-order chi connectivity index (χ0) is 19.6. The van der Waals surface area contributed by atoms with E-state index in [1.165, 1.54) is 0 Å². The molecule has 2 aromatic rings. The number of aryl methyl sites for hydroxylation is 1. The Balaban J connectivity index is 1.38. The van der Waals surface area contributed by atoms with Crippen LogP contribution in [0.3, 0.4) is 0 Å². The molecule has 2 saturated heterocycles. The second kappa shape index (κ2) is 7.77. The molecule has 0 radical (unpaired) electrons. The molecule has 28 heavy (non-hydrogen) atoms. The first-order valence-corrected chi connectivity index (χ1v) is 10.0. The highest BCUT2D eigenvalue weighted by atomic mass is 16.2. The first kappa shape index (κ1) is 18.7. The maximum absolute atomic E-state index is 12.8. The van der Waals surface area contributed by atoms with Crippen molar-refractivity contribution in [2.24, 2.45) is 5.41 Å². The summed E-state index contributed by atoms with van der Waals surface area (Å²) in [6.07, 6.45) is 11.4. The summed E-state index contributed by atoms with van der Waals surface area (Å²) < 4.78 is 1.71. The first-order valence-electron chi connectivity index (χ1n) is 10.0. The Morgan fingerprint density at radius 3 is 2.93 bits per heavy atom. The fraction of sp³-hybridized carbons (Fsp3) is 0.600. The Labute approximate surface area is 164 Å². The van der Waals surface area contributed by atoms with Gasteiger partial charge in [0.15, 0.2) is 0 Å². The summed E-state index contributed by atoms with van der Waals surface area (Å²) in [4.78, 5) is 36.3. The number of rotatable bonds is 5. The van der Waals surface area contributed by atoms with Crippen molar-refractivity contribution >= 4 is 11.8 Å². The molecule has 8 heteroatoms. The maximum atomic E-state index is 12.8. The third-order valence-electron chi connectivity index (χ3n) is 6.03. The minimum absolute atomic E-state index is 0.0236. The van der Waals surface area contributed by atoms with E-state index in [1.807, 2.05) is 29.1 Å². The lowest BCUT2D eigenvalue weighted by Crippen LogP contribution is -2.55. The van der Waals surface area contributed by atoms with Crippen molar-refractivity contribution in [3.63, 3.8) is 0 Å². The highest BCUT2D eigenvalue weighted by Gasteiger charge is 2.42. The molecule has 0 unspecified atom stereocenters. The number of piperidine rings is 2. The number of carbonyl (C=O) groups excluding carboxylic acids is 2. The third-order valence-corrected chi connectivity index (χ3v) is 6.03. The van der Waals surface area contributed by atoms with Gasteiger partial charge in [0, 0.05) is 62.5 Å². The van der Waals surface area contributed by atoms with Gasteiger partial charge < -0.3 is 14.8 Å². The molecule has 0 aliphatic carbocycles. The number of nitrogens with one attached hydrogen (secondary N) is 1. The summed E-state index contributed by atoms with van der Waals surface area (Å²) in [7, 11) is 0. The van der Waals surface area contributed by atoms with E-state index in [1.54, 1.807) is 17.2 Å². The molecular weight excluding hydrogens is 356 g/mol. The van der Waals surface area contributed by atoms with E-state index in [4.69, 9.17) is 0 Å². The largest absolute Gasteiger partial charge is 0.348 e. The van der Waals surface area contributed by atoms with Gasteiger partial charge in [-0.1, -0.05) is 0 Å². The molecule has 8 nitrogen and oxygen atoms in total. The van der Waals surface area contributed by atoms with Crippen LogP contribution in [-0.2, 0) is 22.6 Å². The van der Waals surface area contributed by atoms with Gasteiger partial charge in [0.25, 0.3) is 0 Å². The van der Waals surface area contributed by atoms with Crippen molar-refractivity contribution in [2.75, 3.05) is 26.2 Å². The highest BCUT2D eigenvalue weighted by Crippen LogP contribution is 2.39. The second-order valence-corrected chi connectivity index (χ2v) is 8.28. The number of amides is 2. The first-order chi connectivity index (χ1) is 13.5. The molecule has 4 heterocycles. The van der Waals surface area contributed by atoms with E-state index >= 15 is 0 Å². The van der Waals surface area contributed by atoms with Gasteiger partial charge in [-0.05, 0) is 31.7 Å². The predicted molar refractivity (Wildman–Crippen MR) is 103 cm³/mol. The number of imidazole rings is 1. The average Bonchev–Trinajstić information content (AvgIpc) is 3.34. The van der Waals surface area contributed by atoms with E-state index in [0.29, 0.717) is 13.0 Å². The summed E-state index contributed by atoms with van der Waals surface area (Å²) in [6, 6.07) is 0. The molecule has 0 bridgehead atoms. The molecule has 150 valence electrons. The number of hydrogen-bond donors (Lipinski definition) is 1. The number of H-pyrrole nitrogens is 1. The molecule has 2 aliphatic heterocycles. The summed E-state index contributed by atoms with van der Waals surface area (Å²) in [5.74, 6) is 0.337. The molecular formula is C20H28N6O2. The van der Waals surface area contributed by atoms with Crippen molar-refractivity contribution in [2.45, 2.75) is 45.6 Å². The van der Waals surface area contributed by atoms with Crippen LogP contribution < -0.4 is 0 Å². The summed E-state index contributed by atoms with van der Waals surface area (Å²) in [6.45, 7) is 5.23. The van der Waals surface area contributed by atoms with Gasteiger partial charge in [-0.3, -0.25) is 14.3 Å². The second-order valence-electron chi connectivity index (χ2n) is 8.28. The predicted octanol–water partition coefficient (Wildman–Crippen LogP) is 1.39. The molecule has 1 atom stereocenters. The van der Waals surface area contributed by atoms with Crippen LogP contribution >= 0.6 is 0 Å². The van der Waals surface area contributed by atoms with Gasteiger partial charge in [-0.15, -0.1) is 0 Å². The van der Waals surface area contributed by atoms with E-state index in [-0.39, 0.29) is 23.8 Å². The third kappa shape index (κ3) is 4.10. The topological polar surface area (TPSA) is 87.1 Å². The molecule has 0 saturated carbocycles. The lowest BCUT2D eigenvalue weighted by atomic mass is 9.73. The van der Waals surface area contributed by atoms with E-state index in [9.17, 15) is 9.59 Å². The molecule has 0 aromatic carbocycles. The summed E-state index contributed by atoms with van der Waals surface area (Å²) in [5.41, 5.74) is 2.12. The number of aromatic nitrogens is 4. The Hall–Kier alpha value is -2.64. The molecule has 2 fully saturated rings. The van der Waals surface area contributed by atoms with Gasteiger partial charge >= 0.3 is 0 Å².